The number of non-ortho nitro benzene ring substituents is 1. The standard InChI is InChI=1S/C12H16F2N2O4/c1-8(4-5-17)15-7-9-6-10(16(18)19)2-3-11(9)20-12(13)14/h2-3,6,8,12,15,17H,4-5,7H2,1H3. The number of benzene rings is 1. The number of aliphatic hydroxyl groups excluding tert-OH is 1. The Kier molecular flexibility index (Phi) is 6.26. The lowest BCUT2D eigenvalue weighted by atomic mass is 10.1. The molecule has 0 aliphatic heterocycles. The number of nitrogens with zero attached hydrogens (tertiary/aromatic N) is 1. The molecule has 0 aliphatic rings. The van der Waals surface area contributed by atoms with Crippen molar-refractivity contribution in [2.24, 2.45) is 0 Å². The van der Waals surface area contributed by atoms with Crippen molar-refractivity contribution in [1.82, 2.24) is 5.32 Å². The Morgan fingerprint density at radius 2 is 2.20 bits per heavy atom. The first-order valence-corrected chi connectivity index (χ1v) is 6.00. The van der Waals surface area contributed by atoms with Crippen LogP contribution in [0.15, 0.2) is 18.2 Å². The molecule has 20 heavy (non-hydrogen) atoms. The minimum Gasteiger partial charge on any atom is -0.434 e. The van der Waals surface area contributed by atoms with Crippen LogP contribution in [0.5, 0.6) is 5.75 Å². The number of nitro groups is 1. The van der Waals surface area contributed by atoms with Gasteiger partial charge in [-0.3, -0.25) is 10.1 Å². The Morgan fingerprint density at radius 1 is 1.50 bits per heavy atom. The molecule has 1 aromatic rings. The molecule has 2 N–H and O–H groups in total. The zero-order valence-corrected chi connectivity index (χ0v) is 10.9. The van der Waals surface area contributed by atoms with Gasteiger partial charge in [0, 0.05) is 36.9 Å². The van der Waals surface area contributed by atoms with Crippen LogP contribution in [0.25, 0.3) is 0 Å². The van der Waals surface area contributed by atoms with E-state index in [4.69, 9.17) is 5.11 Å². The summed E-state index contributed by atoms with van der Waals surface area (Å²) >= 11 is 0. The van der Waals surface area contributed by atoms with Crippen LogP contribution < -0.4 is 10.1 Å². The number of rotatable bonds is 8. The van der Waals surface area contributed by atoms with E-state index in [1.807, 2.05) is 0 Å². The van der Waals surface area contributed by atoms with Gasteiger partial charge in [0.05, 0.1) is 4.92 Å². The lowest BCUT2D eigenvalue weighted by Gasteiger charge is -2.15. The molecule has 1 rings (SSSR count). The molecule has 0 amide bonds. The molecule has 0 spiro atoms. The molecular formula is C12H16F2N2O4. The van der Waals surface area contributed by atoms with Crippen molar-refractivity contribution in [3.05, 3.63) is 33.9 Å². The van der Waals surface area contributed by atoms with E-state index >= 15 is 0 Å². The van der Waals surface area contributed by atoms with E-state index in [2.05, 4.69) is 10.1 Å². The van der Waals surface area contributed by atoms with Crippen molar-refractivity contribution >= 4 is 5.69 Å². The second-order valence-electron chi connectivity index (χ2n) is 4.22. The van der Waals surface area contributed by atoms with Gasteiger partial charge in [0.1, 0.15) is 5.75 Å². The van der Waals surface area contributed by atoms with Gasteiger partial charge < -0.3 is 15.2 Å². The van der Waals surface area contributed by atoms with Crippen molar-refractivity contribution in [3.8, 4) is 5.75 Å². The van der Waals surface area contributed by atoms with E-state index in [0.717, 1.165) is 12.1 Å². The second-order valence-corrected chi connectivity index (χ2v) is 4.22. The topological polar surface area (TPSA) is 84.6 Å². The van der Waals surface area contributed by atoms with Crippen LogP contribution in [0.1, 0.15) is 18.9 Å². The van der Waals surface area contributed by atoms with Crippen molar-refractivity contribution < 1.29 is 23.5 Å². The highest BCUT2D eigenvalue weighted by atomic mass is 19.3. The highest BCUT2D eigenvalue weighted by Gasteiger charge is 2.15. The fourth-order valence-electron chi connectivity index (χ4n) is 1.61. The van der Waals surface area contributed by atoms with Crippen LogP contribution in [-0.2, 0) is 6.54 Å². The number of hydrogen-bond donors (Lipinski definition) is 2. The summed E-state index contributed by atoms with van der Waals surface area (Å²) in [7, 11) is 0. The molecule has 1 unspecified atom stereocenters. The fourth-order valence-corrected chi connectivity index (χ4v) is 1.61. The summed E-state index contributed by atoms with van der Waals surface area (Å²) in [6.07, 6.45) is 0.486. The molecule has 0 saturated carbocycles. The lowest BCUT2D eigenvalue weighted by molar-refractivity contribution is -0.385. The maximum atomic E-state index is 12.3. The molecular weight excluding hydrogens is 274 g/mol. The Hall–Kier alpha value is -1.80. The summed E-state index contributed by atoms with van der Waals surface area (Å²) < 4.78 is 28.9. The predicted molar refractivity (Wildman–Crippen MR) is 67.7 cm³/mol. The first-order valence-electron chi connectivity index (χ1n) is 6.00. The van der Waals surface area contributed by atoms with E-state index in [-0.39, 0.29) is 36.2 Å². The van der Waals surface area contributed by atoms with Crippen molar-refractivity contribution in [2.75, 3.05) is 6.61 Å². The maximum Gasteiger partial charge on any atom is 0.387 e. The van der Waals surface area contributed by atoms with Gasteiger partial charge in [-0.05, 0) is 19.4 Å². The molecule has 0 fully saturated rings. The van der Waals surface area contributed by atoms with Crippen molar-refractivity contribution in [3.63, 3.8) is 0 Å². The molecule has 0 radical (unpaired) electrons. The van der Waals surface area contributed by atoms with Gasteiger partial charge in [-0.15, -0.1) is 0 Å². The summed E-state index contributed by atoms with van der Waals surface area (Å²) in [6.45, 7) is -1.07. The Labute approximate surface area is 114 Å². The summed E-state index contributed by atoms with van der Waals surface area (Å²) in [6, 6.07) is 3.39. The molecule has 0 saturated heterocycles. The van der Waals surface area contributed by atoms with Gasteiger partial charge in [0.25, 0.3) is 5.69 Å². The van der Waals surface area contributed by atoms with Gasteiger partial charge in [0.15, 0.2) is 0 Å². The molecule has 1 atom stereocenters. The second kappa shape index (κ2) is 7.71. The van der Waals surface area contributed by atoms with E-state index in [1.165, 1.54) is 6.07 Å². The smallest absolute Gasteiger partial charge is 0.387 e. The minimum absolute atomic E-state index is 0.0104. The molecule has 0 aliphatic carbocycles. The van der Waals surface area contributed by atoms with Crippen LogP contribution in [-0.4, -0.2) is 29.3 Å². The number of aliphatic hydroxyl groups is 1. The van der Waals surface area contributed by atoms with Gasteiger partial charge in [-0.2, -0.15) is 8.78 Å². The Bertz CT molecular complexity index is 457. The lowest BCUT2D eigenvalue weighted by Crippen LogP contribution is -2.26. The van der Waals surface area contributed by atoms with Crippen molar-refractivity contribution in [1.29, 1.82) is 0 Å². The number of nitrogens with one attached hydrogen (secondary N) is 1. The first-order chi connectivity index (χ1) is 9.43. The van der Waals surface area contributed by atoms with Crippen LogP contribution >= 0.6 is 0 Å². The summed E-state index contributed by atoms with van der Waals surface area (Å²) in [4.78, 5) is 10.1. The number of nitro benzene ring substituents is 1. The zero-order valence-electron chi connectivity index (χ0n) is 10.9. The highest BCUT2D eigenvalue weighted by Crippen LogP contribution is 2.25. The minimum atomic E-state index is -3.00. The normalized spacial score (nSPS) is 12.4. The van der Waals surface area contributed by atoms with Crippen LogP contribution in [0.2, 0.25) is 0 Å². The molecule has 0 heterocycles. The van der Waals surface area contributed by atoms with Crippen LogP contribution in [0.4, 0.5) is 14.5 Å². The van der Waals surface area contributed by atoms with Gasteiger partial charge >= 0.3 is 6.61 Å². The summed E-state index contributed by atoms with van der Waals surface area (Å²) in [5.74, 6) is -0.103. The third-order valence-corrected chi connectivity index (χ3v) is 2.67. The molecule has 6 nitrogen and oxygen atoms in total. The summed E-state index contributed by atoms with van der Waals surface area (Å²) in [5, 5.41) is 22.4. The molecule has 8 heteroatoms. The van der Waals surface area contributed by atoms with Crippen LogP contribution in [0, 0.1) is 10.1 Å². The van der Waals surface area contributed by atoms with E-state index in [0.29, 0.717) is 6.42 Å². The third-order valence-electron chi connectivity index (χ3n) is 2.67. The van der Waals surface area contributed by atoms with Gasteiger partial charge in [0.2, 0.25) is 0 Å². The largest absolute Gasteiger partial charge is 0.434 e. The van der Waals surface area contributed by atoms with E-state index in [9.17, 15) is 18.9 Å². The van der Waals surface area contributed by atoms with Gasteiger partial charge in [-0.1, -0.05) is 0 Å². The van der Waals surface area contributed by atoms with Gasteiger partial charge in [-0.25, -0.2) is 0 Å². The third kappa shape index (κ3) is 5.06. The zero-order chi connectivity index (χ0) is 15.1. The fraction of sp³-hybridized carbons (Fsp3) is 0.500. The summed E-state index contributed by atoms with van der Waals surface area (Å²) in [5.41, 5.74) is 0.0718. The van der Waals surface area contributed by atoms with E-state index < -0.39 is 11.5 Å². The Morgan fingerprint density at radius 3 is 2.75 bits per heavy atom. The maximum absolute atomic E-state index is 12.3. The number of alkyl halides is 2. The highest BCUT2D eigenvalue weighted by molar-refractivity contribution is 5.43. The molecule has 112 valence electrons. The number of halogens is 2. The number of ether oxygens (including phenoxy) is 1. The Balaban J connectivity index is 2.87. The molecule has 1 aromatic carbocycles. The SMILES string of the molecule is CC(CCO)NCc1cc([N+](=O)[O-])ccc1OC(F)F. The van der Waals surface area contributed by atoms with Crippen molar-refractivity contribution in [2.45, 2.75) is 32.5 Å². The first kappa shape index (κ1) is 16.3. The quantitative estimate of drug-likeness (QED) is 0.565. The monoisotopic (exact) mass is 290 g/mol. The molecule has 0 bridgehead atoms. The average Bonchev–Trinajstić information content (AvgIpc) is 2.37. The molecule has 0 aromatic heterocycles. The van der Waals surface area contributed by atoms with Crippen LogP contribution in [0.3, 0.4) is 0 Å². The number of hydrogen-bond acceptors (Lipinski definition) is 5. The average molecular weight is 290 g/mol. The van der Waals surface area contributed by atoms with E-state index in [1.54, 1.807) is 6.92 Å². The predicted octanol–water partition coefficient (Wildman–Crippen LogP) is 2.06.